The first kappa shape index (κ1) is 16.1. The zero-order valence-corrected chi connectivity index (χ0v) is 13.2. The number of anilines is 1. The highest BCUT2D eigenvalue weighted by atomic mass is 16.5. The number of nitrogens with one attached hydrogen (secondary N) is 1. The highest BCUT2D eigenvalue weighted by Crippen LogP contribution is 2.16. The molecule has 0 radical (unpaired) electrons. The van der Waals surface area contributed by atoms with Crippen molar-refractivity contribution in [3.63, 3.8) is 0 Å². The molecule has 0 unspecified atom stereocenters. The molecule has 120 valence electrons. The lowest BCUT2D eigenvalue weighted by atomic mass is 10.00. The van der Waals surface area contributed by atoms with E-state index in [2.05, 4.69) is 26.9 Å². The van der Waals surface area contributed by atoms with Gasteiger partial charge in [0.05, 0.1) is 13.7 Å². The third-order valence-corrected chi connectivity index (χ3v) is 3.92. The lowest BCUT2D eigenvalue weighted by Crippen LogP contribution is -2.42. The second-order valence-corrected chi connectivity index (χ2v) is 5.66. The maximum atomic E-state index is 11.1. The number of carbonyl (C=O) groups excluding carboxylic acids is 1. The number of rotatable bonds is 3. The molecule has 6 heteroatoms. The third kappa shape index (κ3) is 4.65. The van der Waals surface area contributed by atoms with Gasteiger partial charge in [0, 0.05) is 18.8 Å². The Labute approximate surface area is 131 Å². The maximum Gasteiger partial charge on any atom is 0.411 e. The van der Waals surface area contributed by atoms with Crippen LogP contribution in [0.5, 0.6) is 0 Å². The summed E-state index contributed by atoms with van der Waals surface area (Å²) >= 11 is 0. The molecule has 6 nitrogen and oxygen atoms in total. The number of benzene rings is 1. The van der Waals surface area contributed by atoms with Crippen molar-refractivity contribution in [3.8, 4) is 0 Å². The van der Waals surface area contributed by atoms with Crippen LogP contribution in [0.4, 0.5) is 10.5 Å². The number of nitrogens with zero attached hydrogens (tertiary/aromatic N) is 2. The molecule has 0 bridgehead atoms. The summed E-state index contributed by atoms with van der Waals surface area (Å²) < 4.78 is 4.54. The minimum Gasteiger partial charge on any atom is -0.453 e. The Balaban J connectivity index is 1.87. The molecule has 1 saturated heterocycles. The quantitative estimate of drug-likeness (QED) is 0.664. The van der Waals surface area contributed by atoms with Crippen LogP contribution >= 0.6 is 0 Å². The summed E-state index contributed by atoms with van der Waals surface area (Å²) in [6.07, 6.45) is 1.86. The van der Waals surface area contributed by atoms with Crippen molar-refractivity contribution in [3.05, 3.63) is 29.8 Å². The predicted molar refractivity (Wildman–Crippen MR) is 87.8 cm³/mol. The minimum atomic E-state index is -0.477. The van der Waals surface area contributed by atoms with E-state index in [0.717, 1.165) is 24.6 Å². The number of nitrogens with two attached hydrogens (primary N) is 1. The van der Waals surface area contributed by atoms with Gasteiger partial charge in [-0.25, -0.2) is 9.79 Å². The second kappa shape index (κ2) is 7.68. The van der Waals surface area contributed by atoms with E-state index in [0.29, 0.717) is 18.2 Å². The van der Waals surface area contributed by atoms with Gasteiger partial charge in [-0.05, 0) is 36.5 Å². The van der Waals surface area contributed by atoms with E-state index in [1.54, 1.807) is 0 Å². The van der Waals surface area contributed by atoms with Crippen molar-refractivity contribution >= 4 is 17.7 Å². The lowest BCUT2D eigenvalue weighted by molar-refractivity contribution is 0.187. The van der Waals surface area contributed by atoms with Gasteiger partial charge in [-0.15, -0.1) is 0 Å². The number of hydrogen-bond acceptors (Lipinski definition) is 3. The van der Waals surface area contributed by atoms with Crippen LogP contribution in [0.1, 0.15) is 25.3 Å². The van der Waals surface area contributed by atoms with E-state index in [9.17, 15) is 4.79 Å². The van der Waals surface area contributed by atoms with Crippen LogP contribution in [0.15, 0.2) is 29.3 Å². The van der Waals surface area contributed by atoms with Gasteiger partial charge < -0.3 is 15.4 Å². The molecule has 1 amide bonds. The molecule has 0 aliphatic carbocycles. The topological polar surface area (TPSA) is 79.9 Å². The summed E-state index contributed by atoms with van der Waals surface area (Å²) in [7, 11) is 1.34. The van der Waals surface area contributed by atoms with Gasteiger partial charge in [-0.3, -0.25) is 5.32 Å². The molecule has 2 rings (SSSR count). The highest BCUT2D eigenvalue weighted by Gasteiger charge is 2.16. The SMILES string of the molecule is COC(=O)Nc1ccc(CN=C(N)N2CCC(C)CC2)cc1. The summed E-state index contributed by atoms with van der Waals surface area (Å²) in [5.41, 5.74) is 7.80. The van der Waals surface area contributed by atoms with Crippen LogP contribution in [0, 0.1) is 5.92 Å². The molecular formula is C16H24N4O2. The number of methoxy groups -OCH3 is 1. The summed E-state index contributed by atoms with van der Waals surface area (Å²) in [5.74, 6) is 1.39. The number of carbonyl (C=O) groups is 1. The molecule has 1 aromatic carbocycles. The van der Waals surface area contributed by atoms with Crippen molar-refractivity contribution in [1.29, 1.82) is 0 Å². The van der Waals surface area contributed by atoms with Gasteiger partial charge in [-0.2, -0.15) is 0 Å². The first-order valence-corrected chi connectivity index (χ1v) is 7.57. The van der Waals surface area contributed by atoms with Crippen LogP contribution in [0.3, 0.4) is 0 Å². The number of likely N-dealkylation sites (tertiary alicyclic amines) is 1. The standard InChI is InChI=1S/C16H24N4O2/c1-12-7-9-20(10-8-12)15(17)18-11-13-3-5-14(6-4-13)19-16(21)22-2/h3-6,12H,7-11H2,1-2H3,(H2,17,18)(H,19,21). The molecular weight excluding hydrogens is 280 g/mol. The molecule has 1 fully saturated rings. The van der Waals surface area contributed by atoms with Gasteiger partial charge in [0.2, 0.25) is 0 Å². The summed E-state index contributed by atoms with van der Waals surface area (Å²) in [5, 5.41) is 2.61. The molecule has 0 atom stereocenters. The molecule has 1 aliphatic heterocycles. The number of amides is 1. The largest absolute Gasteiger partial charge is 0.453 e. The Hall–Kier alpha value is -2.24. The van der Waals surface area contributed by atoms with E-state index < -0.39 is 6.09 Å². The van der Waals surface area contributed by atoms with E-state index in [1.165, 1.54) is 20.0 Å². The van der Waals surface area contributed by atoms with Crippen LogP contribution in [-0.2, 0) is 11.3 Å². The molecule has 0 saturated carbocycles. The van der Waals surface area contributed by atoms with Crippen molar-refractivity contribution < 1.29 is 9.53 Å². The molecule has 3 N–H and O–H groups in total. The highest BCUT2D eigenvalue weighted by molar-refractivity contribution is 5.84. The molecule has 0 spiro atoms. The maximum absolute atomic E-state index is 11.1. The van der Waals surface area contributed by atoms with Crippen molar-refractivity contribution in [2.24, 2.45) is 16.6 Å². The molecule has 1 heterocycles. The Kier molecular flexibility index (Phi) is 5.63. The molecule has 22 heavy (non-hydrogen) atoms. The number of ether oxygens (including phenoxy) is 1. The number of hydrogen-bond donors (Lipinski definition) is 2. The minimum absolute atomic E-state index is 0.477. The molecule has 1 aliphatic rings. The smallest absolute Gasteiger partial charge is 0.411 e. The fraction of sp³-hybridized carbons (Fsp3) is 0.500. The Morgan fingerprint density at radius 3 is 2.59 bits per heavy atom. The van der Waals surface area contributed by atoms with Gasteiger partial charge in [0.15, 0.2) is 5.96 Å². The number of aliphatic imine (C=N–C) groups is 1. The zero-order valence-electron chi connectivity index (χ0n) is 13.2. The number of guanidine groups is 1. The van der Waals surface area contributed by atoms with Gasteiger partial charge in [0.25, 0.3) is 0 Å². The van der Waals surface area contributed by atoms with Crippen LogP contribution in [0.2, 0.25) is 0 Å². The second-order valence-electron chi connectivity index (χ2n) is 5.66. The van der Waals surface area contributed by atoms with Gasteiger partial charge in [-0.1, -0.05) is 19.1 Å². The molecule has 1 aromatic rings. The van der Waals surface area contributed by atoms with E-state index in [1.807, 2.05) is 24.3 Å². The Bertz CT molecular complexity index is 519. The Morgan fingerprint density at radius 2 is 2.00 bits per heavy atom. The summed E-state index contributed by atoms with van der Waals surface area (Å²) in [6.45, 7) is 4.78. The van der Waals surface area contributed by atoms with Crippen molar-refractivity contribution in [2.45, 2.75) is 26.3 Å². The van der Waals surface area contributed by atoms with Crippen LogP contribution in [0.25, 0.3) is 0 Å². The van der Waals surface area contributed by atoms with Crippen molar-refractivity contribution in [2.75, 3.05) is 25.5 Å². The molecule has 0 aromatic heterocycles. The van der Waals surface area contributed by atoms with Crippen LogP contribution < -0.4 is 11.1 Å². The average molecular weight is 304 g/mol. The zero-order chi connectivity index (χ0) is 15.9. The fourth-order valence-electron chi connectivity index (χ4n) is 2.37. The predicted octanol–water partition coefficient (Wildman–Crippen LogP) is 2.41. The third-order valence-electron chi connectivity index (χ3n) is 3.92. The average Bonchev–Trinajstić information content (AvgIpc) is 2.54. The van der Waals surface area contributed by atoms with E-state index >= 15 is 0 Å². The van der Waals surface area contributed by atoms with Gasteiger partial charge >= 0.3 is 6.09 Å². The van der Waals surface area contributed by atoms with E-state index in [4.69, 9.17) is 5.73 Å². The fourth-order valence-corrected chi connectivity index (χ4v) is 2.37. The first-order valence-electron chi connectivity index (χ1n) is 7.57. The normalized spacial score (nSPS) is 16.5. The first-order chi connectivity index (χ1) is 10.6. The van der Waals surface area contributed by atoms with Gasteiger partial charge in [0.1, 0.15) is 0 Å². The lowest BCUT2D eigenvalue weighted by Gasteiger charge is -2.31. The summed E-state index contributed by atoms with van der Waals surface area (Å²) in [6, 6.07) is 7.47. The van der Waals surface area contributed by atoms with Crippen LogP contribution in [-0.4, -0.2) is 37.2 Å². The number of piperidine rings is 1. The summed E-state index contributed by atoms with van der Waals surface area (Å²) in [4.78, 5) is 17.7. The van der Waals surface area contributed by atoms with Crippen molar-refractivity contribution in [1.82, 2.24) is 4.90 Å². The van der Waals surface area contributed by atoms with E-state index in [-0.39, 0.29) is 0 Å². The monoisotopic (exact) mass is 304 g/mol. The Morgan fingerprint density at radius 1 is 1.36 bits per heavy atom.